The Labute approximate surface area is 153 Å². The summed E-state index contributed by atoms with van der Waals surface area (Å²) in [7, 11) is 0. The van der Waals surface area contributed by atoms with Gasteiger partial charge in [-0.05, 0) is 36.6 Å². The first kappa shape index (κ1) is 17.6. The summed E-state index contributed by atoms with van der Waals surface area (Å²) in [6.45, 7) is 3.06. The minimum absolute atomic E-state index is 0.193. The number of carbonyl (C=O) groups excluding carboxylic acids is 2. The van der Waals surface area contributed by atoms with Gasteiger partial charge in [-0.25, -0.2) is 0 Å². The minimum atomic E-state index is -0.556. The van der Waals surface area contributed by atoms with Gasteiger partial charge >= 0.3 is 0 Å². The lowest BCUT2D eigenvalue weighted by Gasteiger charge is -2.13. The third-order valence-electron chi connectivity index (χ3n) is 3.57. The molecule has 0 unspecified atom stereocenters. The van der Waals surface area contributed by atoms with E-state index in [0.29, 0.717) is 29.5 Å². The van der Waals surface area contributed by atoms with E-state index in [4.69, 9.17) is 15.2 Å². The lowest BCUT2D eigenvalue weighted by molar-refractivity contribution is -0.115. The van der Waals surface area contributed by atoms with Crippen molar-refractivity contribution in [1.82, 2.24) is 0 Å². The fourth-order valence-corrected chi connectivity index (χ4v) is 3.98. The van der Waals surface area contributed by atoms with Crippen molar-refractivity contribution in [3.05, 3.63) is 35.2 Å². The summed E-state index contributed by atoms with van der Waals surface area (Å²) in [4.78, 5) is 24.6. The van der Waals surface area contributed by atoms with Crippen LogP contribution in [-0.2, 0) is 4.79 Å². The third-order valence-corrected chi connectivity index (χ3v) is 5.49. The van der Waals surface area contributed by atoms with Gasteiger partial charge in [0.2, 0.25) is 5.91 Å². The molecule has 1 aliphatic rings. The largest absolute Gasteiger partial charge is 0.490 e. The molecule has 0 aliphatic carbocycles. The van der Waals surface area contributed by atoms with Crippen LogP contribution in [0.15, 0.2) is 34.5 Å². The Hall–Kier alpha value is -2.19. The Balaban J connectivity index is 1.66. The van der Waals surface area contributed by atoms with E-state index >= 15 is 0 Å². The molecule has 0 saturated carbocycles. The number of amides is 2. The topological polar surface area (TPSA) is 90.7 Å². The Morgan fingerprint density at radius 3 is 2.76 bits per heavy atom. The van der Waals surface area contributed by atoms with Gasteiger partial charge < -0.3 is 20.5 Å². The molecule has 0 fully saturated rings. The molecule has 0 radical (unpaired) electrons. The summed E-state index contributed by atoms with van der Waals surface area (Å²) in [5.74, 6) is 0.676. The summed E-state index contributed by atoms with van der Waals surface area (Å²) >= 11 is 2.68. The Kier molecular flexibility index (Phi) is 5.50. The quantitative estimate of drug-likeness (QED) is 0.780. The van der Waals surface area contributed by atoms with Gasteiger partial charge in [-0.3, -0.25) is 9.59 Å². The molecular formula is C17H18N2O4S2. The van der Waals surface area contributed by atoms with Crippen LogP contribution in [0.5, 0.6) is 11.5 Å². The van der Waals surface area contributed by atoms with Crippen LogP contribution in [0.25, 0.3) is 0 Å². The molecule has 25 heavy (non-hydrogen) atoms. The highest BCUT2D eigenvalue weighted by Gasteiger charge is 2.19. The van der Waals surface area contributed by atoms with E-state index in [1.165, 1.54) is 23.1 Å². The molecule has 3 N–H and O–H groups in total. The van der Waals surface area contributed by atoms with Gasteiger partial charge in [0.1, 0.15) is 5.00 Å². The molecule has 6 nitrogen and oxygen atoms in total. The van der Waals surface area contributed by atoms with Crippen LogP contribution in [0.2, 0.25) is 0 Å². The molecule has 132 valence electrons. The number of primary amides is 1. The molecule has 3 rings (SSSR count). The first-order chi connectivity index (χ1) is 12.0. The molecule has 2 heterocycles. The Bertz CT molecular complexity index is 791. The summed E-state index contributed by atoms with van der Waals surface area (Å²) < 4.78 is 11.3. The van der Waals surface area contributed by atoms with Crippen molar-refractivity contribution in [2.45, 2.75) is 23.5 Å². The summed E-state index contributed by atoms with van der Waals surface area (Å²) in [6, 6.07) is 7.25. The molecule has 0 bridgehead atoms. The smallest absolute Gasteiger partial charge is 0.251 e. The van der Waals surface area contributed by atoms with E-state index < -0.39 is 5.91 Å². The van der Waals surface area contributed by atoms with Crippen LogP contribution in [0.1, 0.15) is 23.7 Å². The van der Waals surface area contributed by atoms with Crippen molar-refractivity contribution in [3.8, 4) is 11.5 Å². The number of nitrogens with two attached hydrogens (primary N) is 1. The highest BCUT2D eigenvalue weighted by Crippen LogP contribution is 2.35. The summed E-state index contributed by atoms with van der Waals surface area (Å²) in [5.41, 5.74) is 5.62. The van der Waals surface area contributed by atoms with Crippen LogP contribution in [-0.4, -0.2) is 30.3 Å². The zero-order chi connectivity index (χ0) is 17.8. The molecular weight excluding hydrogens is 360 g/mol. The molecule has 1 aromatic carbocycles. The maximum atomic E-state index is 12.4. The Morgan fingerprint density at radius 1 is 1.24 bits per heavy atom. The number of thioether (sulfide) groups is 1. The number of carbonyl (C=O) groups is 2. The SMILES string of the molecule is C[C@H](Sc1ccc2c(c1)OCCCO2)C(=O)Nc1sccc1C(N)=O. The van der Waals surface area contributed by atoms with Crippen molar-refractivity contribution in [2.24, 2.45) is 5.73 Å². The van der Waals surface area contributed by atoms with Crippen LogP contribution in [0.3, 0.4) is 0 Å². The Morgan fingerprint density at radius 2 is 2.00 bits per heavy atom. The van der Waals surface area contributed by atoms with Gasteiger partial charge in [-0.15, -0.1) is 23.1 Å². The number of rotatable bonds is 5. The summed E-state index contributed by atoms with van der Waals surface area (Å²) in [6.07, 6.45) is 0.846. The van der Waals surface area contributed by atoms with Gasteiger partial charge in [0, 0.05) is 11.3 Å². The highest BCUT2D eigenvalue weighted by molar-refractivity contribution is 8.00. The molecule has 0 spiro atoms. The molecule has 2 aromatic rings. The standard InChI is InChI=1S/C17H18N2O4S2/c1-10(16(21)19-17-12(15(18)20)5-8-24-17)25-11-3-4-13-14(9-11)23-7-2-6-22-13/h3-5,8-10H,2,6-7H2,1H3,(H2,18,20)(H,19,21)/t10-/m0/s1. The highest BCUT2D eigenvalue weighted by atomic mass is 32.2. The van der Waals surface area contributed by atoms with Crippen molar-refractivity contribution in [3.63, 3.8) is 0 Å². The van der Waals surface area contributed by atoms with E-state index in [1.54, 1.807) is 18.4 Å². The van der Waals surface area contributed by atoms with Crippen LogP contribution in [0.4, 0.5) is 5.00 Å². The van der Waals surface area contributed by atoms with E-state index in [1.807, 2.05) is 18.2 Å². The summed E-state index contributed by atoms with van der Waals surface area (Å²) in [5, 5.41) is 4.61. The van der Waals surface area contributed by atoms with Gasteiger partial charge in [0.15, 0.2) is 11.5 Å². The zero-order valence-electron chi connectivity index (χ0n) is 13.6. The number of anilines is 1. The zero-order valence-corrected chi connectivity index (χ0v) is 15.2. The fourth-order valence-electron chi connectivity index (χ4n) is 2.29. The van der Waals surface area contributed by atoms with Crippen molar-refractivity contribution in [2.75, 3.05) is 18.5 Å². The maximum absolute atomic E-state index is 12.4. The van der Waals surface area contributed by atoms with Crippen LogP contribution in [0, 0.1) is 0 Å². The minimum Gasteiger partial charge on any atom is -0.490 e. The van der Waals surface area contributed by atoms with Crippen molar-refractivity contribution in [1.29, 1.82) is 0 Å². The number of hydrogen-bond acceptors (Lipinski definition) is 6. The predicted molar refractivity (Wildman–Crippen MR) is 98.8 cm³/mol. The van der Waals surface area contributed by atoms with Gasteiger partial charge in [-0.1, -0.05) is 0 Å². The second-order valence-electron chi connectivity index (χ2n) is 5.44. The number of fused-ring (bicyclic) bond motifs is 1. The van der Waals surface area contributed by atoms with Crippen LogP contribution >= 0.6 is 23.1 Å². The van der Waals surface area contributed by atoms with Gasteiger partial charge in [-0.2, -0.15) is 0 Å². The predicted octanol–water partition coefficient (Wildman–Crippen LogP) is 3.13. The first-order valence-electron chi connectivity index (χ1n) is 7.79. The molecule has 0 saturated heterocycles. The van der Waals surface area contributed by atoms with Crippen molar-refractivity contribution < 1.29 is 19.1 Å². The lowest BCUT2D eigenvalue weighted by Crippen LogP contribution is -2.23. The fraction of sp³-hybridized carbons (Fsp3) is 0.294. The average Bonchev–Trinajstić information content (AvgIpc) is 2.92. The number of benzene rings is 1. The van der Waals surface area contributed by atoms with Crippen LogP contribution < -0.4 is 20.5 Å². The van der Waals surface area contributed by atoms with Crippen molar-refractivity contribution >= 4 is 39.9 Å². The molecule has 2 amide bonds. The normalized spacial score (nSPS) is 14.4. The molecule has 1 aromatic heterocycles. The van der Waals surface area contributed by atoms with E-state index in [9.17, 15) is 9.59 Å². The number of thiophene rings is 1. The second kappa shape index (κ2) is 7.79. The molecule has 1 aliphatic heterocycles. The van der Waals surface area contributed by atoms with Gasteiger partial charge in [0.05, 0.1) is 24.0 Å². The third kappa shape index (κ3) is 4.26. The van der Waals surface area contributed by atoms with Gasteiger partial charge in [0.25, 0.3) is 5.91 Å². The monoisotopic (exact) mass is 378 g/mol. The van der Waals surface area contributed by atoms with E-state index in [0.717, 1.165) is 17.1 Å². The molecule has 8 heteroatoms. The number of nitrogens with one attached hydrogen (secondary N) is 1. The number of hydrogen-bond donors (Lipinski definition) is 2. The van der Waals surface area contributed by atoms with E-state index in [-0.39, 0.29) is 11.2 Å². The number of ether oxygens (including phenoxy) is 2. The first-order valence-corrected chi connectivity index (χ1v) is 9.55. The average molecular weight is 378 g/mol. The molecule has 1 atom stereocenters. The maximum Gasteiger partial charge on any atom is 0.251 e. The second-order valence-corrected chi connectivity index (χ2v) is 7.77. The lowest BCUT2D eigenvalue weighted by atomic mass is 10.3. The van der Waals surface area contributed by atoms with E-state index in [2.05, 4.69) is 5.32 Å².